The Balaban J connectivity index is 2.30. The first-order valence-corrected chi connectivity index (χ1v) is 7.25. The van der Waals surface area contributed by atoms with Crippen LogP contribution in [0.2, 0.25) is 0 Å². The van der Waals surface area contributed by atoms with Gasteiger partial charge in [-0.05, 0) is 30.0 Å². The van der Waals surface area contributed by atoms with E-state index in [1.54, 1.807) is 0 Å². The van der Waals surface area contributed by atoms with Crippen LogP contribution in [0.5, 0.6) is 0 Å². The van der Waals surface area contributed by atoms with E-state index >= 15 is 0 Å². The Kier molecular flexibility index (Phi) is 4.19. The number of anilines is 1. The molecule has 1 unspecified atom stereocenters. The van der Waals surface area contributed by atoms with Crippen molar-refractivity contribution in [2.75, 3.05) is 11.2 Å². The molecule has 0 saturated heterocycles. The van der Waals surface area contributed by atoms with Gasteiger partial charge in [-0.15, -0.1) is 11.6 Å². The molecule has 0 aliphatic rings. The van der Waals surface area contributed by atoms with Crippen LogP contribution < -0.4 is 5.32 Å². The molecule has 2 rings (SSSR count). The van der Waals surface area contributed by atoms with E-state index in [1.165, 1.54) is 16.9 Å². The van der Waals surface area contributed by atoms with Crippen LogP contribution in [-0.4, -0.2) is 16.8 Å². The second-order valence-electron chi connectivity index (χ2n) is 4.24. The number of halogens is 1. The molecule has 0 fully saturated rings. The summed E-state index contributed by atoms with van der Waals surface area (Å²) in [7, 11) is 0. The van der Waals surface area contributed by atoms with Crippen LogP contribution in [0.1, 0.15) is 31.7 Å². The largest absolute Gasteiger partial charge is 0.301 e. The molecule has 0 saturated carbocycles. The van der Waals surface area contributed by atoms with Gasteiger partial charge in [0.05, 0.1) is 10.2 Å². The Morgan fingerprint density at radius 3 is 3.00 bits per heavy atom. The molecule has 1 amide bonds. The SMILES string of the molecule is CCC(C)c1ccc2nc(NC(=O)CCl)sc2c1. The van der Waals surface area contributed by atoms with Crippen molar-refractivity contribution in [2.24, 2.45) is 0 Å². The highest BCUT2D eigenvalue weighted by molar-refractivity contribution is 7.22. The smallest absolute Gasteiger partial charge is 0.241 e. The minimum absolute atomic E-state index is 0.0476. The summed E-state index contributed by atoms with van der Waals surface area (Å²) < 4.78 is 1.10. The van der Waals surface area contributed by atoms with Gasteiger partial charge in [0.1, 0.15) is 5.88 Å². The molecule has 1 N–H and O–H groups in total. The molecule has 5 heteroatoms. The van der Waals surface area contributed by atoms with Gasteiger partial charge < -0.3 is 5.32 Å². The predicted molar refractivity (Wildman–Crippen MR) is 77.7 cm³/mol. The molecule has 0 spiro atoms. The third-order valence-electron chi connectivity index (χ3n) is 2.96. The maximum Gasteiger partial charge on any atom is 0.241 e. The molecule has 1 heterocycles. The molecular formula is C13H15ClN2OS. The zero-order chi connectivity index (χ0) is 13.1. The number of rotatable bonds is 4. The third kappa shape index (κ3) is 2.82. The minimum atomic E-state index is -0.224. The number of carbonyl (C=O) groups excluding carboxylic acids is 1. The van der Waals surface area contributed by atoms with Crippen LogP contribution in [0.25, 0.3) is 10.2 Å². The van der Waals surface area contributed by atoms with Crippen molar-refractivity contribution in [2.45, 2.75) is 26.2 Å². The lowest BCUT2D eigenvalue weighted by atomic mass is 9.99. The van der Waals surface area contributed by atoms with Crippen molar-refractivity contribution >= 4 is 44.2 Å². The molecule has 0 aliphatic carbocycles. The number of aromatic nitrogens is 1. The number of alkyl halides is 1. The van der Waals surface area contributed by atoms with Crippen LogP contribution in [0.4, 0.5) is 5.13 Å². The second-order valence-corrected chi connectivity index (χ2v) is 5.54. The Morgan fingerprint density at radius 2 is 2.33 bits per heavy atom. The van der Waals surface area contributed by atoms with Crippen molar-refractivity contribution in [3.05, 3.63) is 23.8 Å². The highest BCUT2D eigenvalue weighted by Crippen LogP contribution is 2.29. The summed E-state index contributed by atoms with van der Waals surface area (Å²) in [6.07, 6.45) is 1.11. The summed E-state index contributed by atoms with van der Waals surface area (Å²) in [5, 5.41) is 3.29. The molecule has 0 bridgehead atoms. The zero-order valence-corrected chi connectivity index (χ0v) is 11.9. The van der Waals surface area contributed by atoms with E-state index in [1.807, 2.05) is 6.07 Å². The van der Waals surface area contributed by atoms with Gasteiger partial charge in [-0.25, -0.2) is 4.98 Å². The Morgan fingerprint density at radius 1 is 1.56 bits per heavy atom. The van der Waals surface area contributed by atoms with Crippen molar-refractivity contribution in [1.29, 1.82) is 0 Å². The lowest BCUT2D eigenvalue weighted by Gasteiger charge is -2.07. The number of hydrogen-bond donors (Lipinski definition) is 1. The fourth-order valence-corrected chi connectivity index (χ4v) is 2.69. The maximum absolute atomic E-state index is 11.2. The molecule has 3 nitrogen and oxygen atoms in total. The van der Waals surface area contributed by atoms with Crippen LogP contribution in [-0.2, 0) is 4.79 Å². The molecular weight excluding hydrogens is 268 g/mol. The van der Waals surface area contributed by atoms with Gasteiger partial charge in [-0.3, -0.25) is 4.79 Å². The monoisotopic (exact) mass is 282 g/mol. The number of fused-ring (bicyclic) bond motifs is 1. The van der Waals surface area contributed by atoms with E-state index in [4.69, 9.17) is 11.6 Å². The van der Waals surface area contributed by atoms with E-state index in [2.05, 4.69) is 36.3 Å². The Bertz CT molecular complexity index is 567. The predicted octanol–water partition coefficient (Wildman–Crippen LogP) is 3.99. The number of amides is 1. The normalized spacial score (nSPS) is 12.6. The lowest BCUT2D eigenvalue weighted by Crippen LogP contribution is -2.11. The molecule has 0 aliphatic heterocycles. The summed E-state index contributed by atoms with van der Waals surface area (Å²) in [5.74, 6) is 0.267. The van der Waals surface area contributed by atoms with E-state index in [-0.39, 0.29) is 11.8 Å². The van der Waals surface area contributed by atoms with E-state index in [0.717, 1.165) is 16.6 Å². The number of nitrogens with zero attached hydrogens (tertiary/aromatic N) is 1. The summed E-state index contributed by atoms with van der Waals surface area (Å²) >= 11 is 6.93. The fourth-order valence-electron chi connectivity index (χ4n) is 1.69. The van der Waals surface area contributed by atoms with E-state index < -0.39 is 0 Å². The highest BCUT2D eigenvalue weighted by atomic mass is 35.5. The standard InChI is InChI=1S/C13H15ClN2OS/c1-3-8(2)9-4-5-10-11(6-9)18-13(15-10)16-12(17)7-14/h4-6,8H,3,7H2,1-2H3,(H,15,16,17). The minimum Gasteiger partial charge on any atom is -0.301 e. The van der Waals surface area contributed by atoms with Gasteiger partial charge >= 0.3 is 0 Å². The molecule has 1 aromatic heterocycles. The summed E-state index contributed by atoms with van der Waals surface area (Å²) in [6, 6.07) is 6.25. The summed E-state index contributed by atoms with van der Waals surface area (Å²) in [4.78, 5) is 15.6. The number of carbonyl (C=O) groups is 1. The quantitative estimate of drug-likeness (QED) is 0.862. The zero-order valence-electron chi connectivity index (χ0n) is 10.4. The van der Waals surface area contributed by atoms with Crippen molar-refractivity contribution in [1.82, 2.24) is 4.98 Å². The lowest BCUT2D eigenvalue weighted by molar-refractivity contribution is -0.113. The molecule has 2 aromatic rings. The van der Waals surface area contributed by atoms with Crippen LogP contribution in [0.15, 0.2) is 18.2 Å². The first-order valence-electron chi connectivity index (χ1n) is 5.90. The van der Waals surface area contributed by atoms with Crippen LogP contribution in [0, 0.1) is 0 Å². The van der Waals surface area contributed by atoms with Gasteiger partial charge in [0.2, 0.25) is 5.91 Å². The topological polar surface area (TPSA) is 42.0 Å². The van der Waals surface area contributed by atoms with Crippen molar-refractivity contribution < 1.29 is 4.79 Å². The fraction of sp³-hybridized carbons (Fsp3) is 0.385. The first-order chi connectivity index (χ1) is 8.63. The summed E-state index contributed by atoms with van der Waals surface area (Å²) in [5.41, 5.74) is 2.22. The average molecular weight is 283 g/mol. The third-order valence-corrected chi connectivity index (χ3v) is 4.14. The molecule has 96 valence electrons. The Labute approximate surface area is 115 Å². The van der Waals surface area contributed by atoms with E-state index in [0.29, 0.717) is 11.0 Å². The molecule has 1 aromatic carbocycles. The van der Waals surface area contributed by atoms with Gasteiger partial charge in [-0.2, -0.15) is 0 Å². The Hall–Kier alpha value is -1.13. The number of hydrogen-bond acceptors (Lipinski definition) is 3. The number of nitrogens with one attached hydrogen (secondary N) is 1. The number of benzene rings is 1. The van der Waals surface area contributed by atoms with Crippen molar-refractivity contribution in [3.8, 4) is 0 Å². The maximum atomic E-state index is 11.2. The van der Waals surface area contributed by atoms with Crippen LogP contribution >= 0.6 is 22.9 Å². The average Bonchev–Trinajstić information content (AvgIpc) is 2.78. The molecule has 0 radical (unpaired) electrons. The van der Waals surface area contributed by atoms with Crippen molar-refractivity contribution in [3.63, 3.8) is 0 Å². The first kappa shape index (κ1) is 13.3. The summed E-state index contributed by atoms with van der Waals surface area (Å²) in [6.45, 7) is 4.38. The molecule has 18 heavy (non-hydrogen) atoms. The number of thiazole rings is 1. The van der Waals surface area contributed by atoms with E-state index in [9.17, 15) is 4.79 Å². The van der Waals surface area contributed by atoms with Crippen LogP contribution in [0.3, 0.4) is 0 Å². The molecule has 1 atom stereocenters. The van der Waals surface area contributed by atoms with Gasteiger partial charge in [0.25, 0.3) is 0 Å². The highest BCUT2D eigenvalue weighted by Gasteiger charge is 2.09. The van der Waals surface area contributed by atoms with Gasteiger partial charge in [0, 0.05) is 0 Å². The van der Waals surface area contributed by atoms with Gasteiger partial charge in [0.15, 0.2) is 5.13 Å². The van der Waals surface area contributed by atoms with Gasteiger partial charge in [-0.1, -0.05) is 31.3 Å². The second kappa shape index (κ2) is 5.67.